The molecule has 3 aromatic rings. The maximum Gasteiger partial charge on any atom is 0.161 e. The van der Waals surface area contributed by atoms with E-state index in [9.17, 15) is 0 Å². The van der Waals surface area contributed by atoms with Crippen LogP contribution in [-0.2, 0) is 19.5 Å². The van der Waals surface area contributed by atoms with Crippen LogP contribution in [0, 0.1) is 0 Å². The van der Waals surface area contributed by atoms with Gasteiger partial charge in [-0.2, -0.15) is 5.10 Å². The molecule has 24 heavy (non-hydrogen) atoms. The van der Waals surface area contributed by atoms with Crippen molar-refractivity contribution in [2.45, 2.75) is 38.4 Å². The Bertz CT molecular complexity index is 855. The van der Waals surface area contributed by atoms with E-state index in [0.717, 1.165) is 61.8 Å². The molecule has 1 aliphatic carbocycles. The molecule has 0 spiro atoms. The molecule has 4 heterocycles. The molecule has 0 saturated heterocycles. The third-order valence-corrected chi connectivity index (χ3v) is 4.92. The topological polar surface area (TPSA) is 73.5 Å². The summed E-state index contributed by atoms with van der Waals surface area (Å²) in [5.74, 6) is 0.917. The lowest BCUT2D eigenvalue weighted by Gasteiger charge is -2.25. The minimum absolute atomic E-state index is 0.191. The predicted octanol–water partition coefficient (Wildman–Crippen LogP) is 1.57. The van der Waals surface area contributed by atoms with E-state index in [1.54, 1.807) is 12.4 Å². The molecular formula is C17H19N7. The van der Waals surface area contributed by atoms with E-state index in [-0.39, 0.29) is 6.04 Å². The van der Waals surface area contributed by atoms with E-state index < -0.39 is 0 Å². The first-order valence-electron chi connectivity index (χ1n) is 8.50. The average Bonchev–Trinajstić information content (AvgIpc) is 3.27. The van der Waals surface area contributed by atoms with Crippen molar-refractivity contribution in [3.8, 4) is 11.5 Å². The molecule has 2 aliphatic rings. The van der Waals surface area contributed by atoms with Crippen LogP contribution in [0.1, 0.15) is 36.0 Å². The predicted molar refractivity (Wildman–Crippen MR) is 88.3 cm³/mol. The van der Waals surface area contributed by atoms with Gasteiger partial charge in [0.2, 0.25) is 0 Å². The number of aryl methyl sites for hydroxylation is 1. The van der Waals surface area contributed by atoms with Crippen molar-refractivity contribution < 1.29 is 0 Å². The lowest BCUT2D eigenvalue weighted by Crippen LogP contribution is -2.28. The van der Waals surface area contributed by atoms with Crippen LogP contribution < -0.4 is 5.32 Å². The van der Waals surface area contributed by atoms with Gasteiger partial charge >= 0.3 is 0 Å². The third kappa shape index (κ3) is 2.16. The molecule has 1 unspecified atom stereocenters. The molecular weight excluding hydrogens is 302 g/mol. The maximum atomic E-state index is 4.76. The first-order chi connectivity index (χ1) is 11.9. The van der Waals surface area contributed by atoms with Crippen LogP contribution in [0.15, 0.2) is 30.9 Å². The molecule has 0 aromatic carbocycles. The van der Waals surface area contributed by atoms with Gasteiger partial charge in [0, 0.05) is 37.9 Å². The van der Waals surface area contributed by atoms with Gasteiger partial charge in [-0.3, -0.25) is 14.6 Å². The summed E-state index contributed by atoms with van der Waals surface area (Å²) in [7, 11) is 0. The Morgan fingerprint density at radius 1 is 1.12 bits per heavy atom. The summed E-state index contributed by atoms with van der Waals surface area (Å²) in [4.78, 5) is 13.7. The van der Waals surface area contributed by atoms with Crippen molar-refractivity contribution in [1.29, 1.82) is 0 Å². The van der Waals surface area contributed by atoms with Crippen molar-refractivity contribution in [2.75, 3.05) is 6.54 Å². The fraction of sp³-hybridized carbons (Fsp3) is 0.412. The number of hydrogen-bond acceptors (Lipinski definition) is 5. The van der Waals surface area contributed by atoms with Gasteiger partial charge in [-0.15, -0.1) is 0 Å². The molecule has 0 radical (unpaired) electrons. The zero-order chi connectivity index (χ0) is 15.9. The van der Waals surface area contributed by atoms with Crippen LogP contribution in [0.25, 0.3) is 11.5 Å². The van der Waals surface area contributed by atoms with Gasteiger partial charge in [0.1, 0.15) is 5.69 Å². The Labute approximate surface area is 139 Å². The lowest BCUT2D eigenvalue weighted by atomic mass is 9.95. The van der Waals surface area contributed by atoms with Gasteiger partial charge in [0.15, 0.2) is 5.82 Å². The van der Waals surface area contributed by atoms with Crippen LogP contribution in [0.3, 0.4) is 0 Å². The van der Waals surface area contributed by atoms with Crippen LogP contribution in [-0.4, -0.2) is 35.8 Å². The monoisotopic (exact) mass is 321 g/mol. The minimum Gasteiger partial charge on any atom is -0.320 e. The van der Waals surface area contributed by atoms with Crippen LogP contribution in [0.2, 0.25) is 0 Å². The Hall–Kier alpha value is -2.54. The molecule has 5 rings (SSSR count). The SMILES string of the molecule is c1cnc2c(n1)CCCC2n1ccnc1-c1cc2n(n1)CCNC2. The van der Waals surface area contributed by atoms with Crippen molar-refractivity contribution in [2.24, 2.45) is 0 Å². The van der Waals surface area contributed by atoms with E-state index in [0.29, 0.717) is 0 Å². The molecule has 1 N–H and O–H groups in total. The zero-order valence-corrected chi connectivity index (χ0v) is 13.4. The molecule has 0 saturated carbocycles. The van der Waals surface area contributed by atoms with Gasteiger partial charge in [-0.25, -0.2) is 4.98 Å². The highest BCUT2D eigenvalue weighted by Gasteiger charge is 2.27. The fourth-order valence-corrected chi connectivity index (χ4v) is 3.78. The molecule has 1 atom stereocenters. The summed E-state index contributed by atoms with van der Waals surface area (Å²) in [6.45, 7) is 2.74. The van der Waals surface area contributed by atoms with Crippen molar-refractivity contribution >= 4 is 0 Å². The number of fused-ring (bicyclic) bond motifs is 2. The van der Waals surface area contributed by atoms with Crippen molar-refractivity contribution in [1.82, 2.24) is 34.6 Å². The number of imidazole rings is 1. The lowest BCUT2D eigenvalue weighted by molar-refractivity contribution is 0.468. The fourth-order valence-electron chi connectivity index (χ4n) is 3.78. The van der Waals surface area contributed by atoms with Gasteiger partial charge in [-0.1, -0.05) is 0 Å². The summed E-state index contributed by atoms with van der Waals surface area (Å²) in [6, 6.07) is 2.34. The zero-order valence-electron chi connectivity index (χ0n) is 13.4. The number of nitrogens with zero attached hydrogens (tertiary/aromatic N) is 6. The highest BCUT2D eigenvalue weighted by molar-refractivity contribution is 5.51. The molecule has 0 fully saturated rings. The molecule has 3 aromatic heterocycles. The normalized spacial score (nSPS) is 19.8. The third-order valence-electron chi connectivity index (χ3n) is 4.92. The van der Waals surface area contributed by atoms with E-state index in [1.807, 2.05) is 12.4 Å². The van der Waals surface area contributed by atoms with Gasteiger partial charge < -0.3 is 9.88 Å². The number of rotatable bonds is 2. The molecule has 0 bridgehead atoms. The maximum absolute atomic E-state index is 4.76. The number of nitrogens with one attached hydrogen (secondary N) is 1. The summed E-state index contributed by atoms with van der Waals surface area (Å²) in [6.07, 6.45) is 10.7. The highest BCUT2D eigenvalue weighted by atomic mass is 15.3. The highest BCUT2D eigenvalue weighted by Crippen LogP contribution is 2.33. The summed E-state index contributed by atoms with van der Waals surface area (Å²) >= 11 is 0. The largest absolute Gasteiger partial charge is 0.320 e. The van der Waals surface area contributed by atoms with Gasteiger partial charge in [0.25, 0.3) is 0 Å². The molecule has 1 aliphatic heterocycles. The smallest absolute Gasteiger partial charge is 0.161 e. The Morgan fingerprint density at radius 2 is 2.08 bits per heavy atom. The van der Waals surface area contributed by atoms with Gasteiger partial charge in [-0.05, 0) is 25.3 Å². The molecule has 0 amide bonds. The van der Waals surface area contributed by atoms with Gasteiger partial charge in [0.05, 0.1) is 29.7 Å². The summed E-state index contributed by atoms with van der Waals surface area (Å²) in [5.41, 5.74) is 4.35. The van der Waals surface area contributed by atoms with Crippen LogP contribution in [0.5, 0.6) is 0 Å². The van der Waals surface area contributed by atoms with E-state index in [1.165, 1.54) is 5.69 Å². The molecule has 122 valence electrons. The minimum atomic E-state index is 0.191. The van der Waals surface area contributed by atoms with E-state index in [2.05, 4.69) is 35.6 Å². The second-order valence-corrected chi connectivity index (χ2v) is 6.38. The van der Waals surface area contributed by atoms with Crippen molar-refractivity contribution in [3.63, 3.8) is 0 Å². The first kappa shape index (κ1) is 13.9. The summed E-state index contributed by atoms with van der Waals surface area (Å²) < 4.78 is 4.30. The van der Waals surface area contributed by atoms with Crippen LogP contribution in [0.4, 0.5) is 0 Å². The number of aromatic nitrogens is 6. The van der Waals surface area contributed by atoms with Crippen LogP contribution >= 0.6 is 0 Å². The van der Waals surface area contributed by atoms with E-state index in [4.69, 9.17) is 5.10 Å². The second kappa shape index (κ2) is 5.52. The average molecular weight is 321 g/mol. The quantitative estimate of drug-likeness (QED) is 0.775. The standard InChI is InChI=1S/C17H19N7/c1-2-13-16(20-5-4-19-13)15(3-1)23-8-7-21-17(23)14-10-12-11-18-6-9-24(12)22-14/h4-5,7-8,10,15,18H,1-3,6,9,11H2. The first-order valence-corrected chi connectivity index (χ1v) is 8.50. The Balaban J connectivity index is 1.58. The molecule has 7 nitrogen and oxygen atoms in total. The Morgan fingerprint density at radius 3 is 3.04 bits per heavy atom. The molecule has 7 heteroatoms. The van der Waals surface area contributed by atoms with E-state index >= 15 is 0 Å². The van der Waals surface area contributed by atoms with Crippen molar-refractivity contribution in [3.05, 3.63) is 47.9 Å². The Kier molecular flexibility index (Phi) is 3.19. The summed E-state index contributed by atoms with van der Waals surface area (Å²) in [5, 5.41) is 8.15. The number of hydrogen-bond donors (Lipinski definition) is 1. The second-order valence-electron chi connectivity index (χ2n) is 6.38.